The number of hydrogen-bond acceptors (Lipinski definition) is 6. The Morgan fingerprint density at radius 1 is 1.17 bits per heavy atom. The van der Waals surface area contributed by atoms with Crippen LogP contribution in [0, 0.1) is 0 Å². The fourth-order valence-electron chi connectivity index (χ4n) is 4.59. The van der Waals surface area contributed by atoms with Crippen molar-refractivity contribution in [1.82, 2.24) is 14.8 Å². The summed E-state index contributed by atoms with van der Waals surface area (Å²) in [6.07, 6.45) is 0.870. The van der Waals surface area contributed by atoms with E-state index in [9.17, 15) is 18.7 Å². The largest absolute Gasteiger partial charge is 0.434 e. The average molecular weight is 479 g/mol. The van der Waals surface area contributed by atoms with Crippen LogP contribution in [0.2, 0.25) is 0 Å². The molecule has 0 aliphatic heterocycles. The van der Waals surface area contributed by atoms with E-state index in [1.54, 1.807) is 25.1 Å². The number of nitrogens with zero attached hydrogens (tertiary/aromatic N) is 3. The summed E-state index contributed by atoms with van der Waals surface area (Å²) in [7, 11) is 0. The first kappa shape index (κ1) is 22.7. The molecule has 5 N–H and O–H groups in total. The quantitative estimate of drug-likeness (QED) is 0.381. The molecule has 5 rings (SSSR count). The minimum absolute atomic E-state index is 0.0210. The molecule has 8 nitrogen and oxygen atoms in total. The van der Waals surface area contributed by atoms with E-state index in [2.05, 4.69) is 10.1 Å². The van der Waals surface area contributed by atoms with Crippen LogP contribution in [-0.2, 0) is 0 Å². The highest BCUT2D eigenvalue weighted by Gasteiger charge is 2.41. The van der Waals surface area contributed by atoms with Crippen LogP contribution in [0.4, 0.5) is 14.6 Å². The highest BCUT2D eigenvalue weighted by molar-refractivity contribution is 6.04. The van der Waals surface area contributed by atoms with Gasteiger partial charge in [-0.15, -0.1) is 0 Å². The van der Waals surface area contributed by atoms with Crippen LogP contribution >= 0.6 is 0 Å². The lowest BCUT2D eigenvalue weighted by Gasteiger charge is -2.41. The molecule has 35 heavy (non-hydrogen) atoms. The van der Waals surface area contributed by atoms with Gasteiger partial charge in [-0.05, 0) is 31.9 Å². The first-order valence-corrected chi connectivity index (χ1v) is 11.0. The maximum Gasteiger partial charge on any atom is 0.387 e. The van der Waals surface area contributed by atoms with Crippen molar-refractivity contribution in [2.24, 2.45) is 5.73 Å². The van der Waals surface area contributed by atoms with Crippen molar-refractivity contribution in [1.29, 1.82) is 0 Å². The molecule has 0 bridgehead atoms. The zero-order valence-corrected chi connectivity index (χ0v) is 18.8. The fraction of sp³-hybridized carbons (Fsp3) is 0.240. The number of ether oxygens (including phenoxy) is 1. The van der Waals surface area contributed by atoms with Crippen molar-refractivity contribution in [3.8, 4) is 28.3 Å². The van der Waals surface area contributed by atoms with Gasteiger partial charge in [0, 0.05) is 22.6 Å². The van der Waals surface area contributed by atoms with Crippen molar-refractivity contribution >= 4 is 22.6 Å². The highest BCUT2D eigenvalue weighted by atomic mass is 19.3. The number of aliphatic hydroxyl groups is 1. The lowest BCUT2D eigenvalue weighted by atomic mass is 9.77. The summed E-state index contributed by atoms with van der Waals surface area (Å²) in [4.78, 5) is 16.9. The zero-order valence-electron chi connectivity index (χ0n) is 18.8. The lowest BCUT2D eigenvalue weighted by molar-refractivity contribution is -0.0536. The number of rotatable bonds is 6. The van der Waals surface area contributed by atoms with Crippen LogP contribution in [0.3, 0.4) is 0 Å². The highest BCUT2D eigenvalue weighted by Crippen LogP contribution is 2.43. The van der Waals surface area contributed by atoms with Gasteiger partial charge in [0.05, 0.1) is 22.9 Å². The number of pyridine rings is 1. The number of nitrogen functional groups attached to an aromatic ring is 1. The van der Waals surface area contributed by atoms with Gasteiger partial charge in [0.1, 0.15) is 22.8 Å². The van der Waals surface area contributed by atoms with Crippen LogP contribution in [0.25, 0.3) is 33.4 Å². The molecule has 10 heteroatoms. The Hall–Kier alpha value is -4.05. The van der Waals surface area contributed by atoms with Gasteiger partial charge in [-0.3, -0.25) is 4.79 Å². The number of benzene rings is 2. The molecular formula is C25H23F2N5O3. The minimum atomic E-state index is -3.01. The number of amides is 1. The van der Waals surface area contributed by atoms with Gasteiger partial charge in [0.25, 0.3) is 5.91 Å². The number of anilines is 1. The Labute approximate surface area is 199 Å². The Kier molecular flexibility index (Phi) is 5.40. The van der Waals surface area contributed by atoms with Crippen LogP contribution < -0.4 is 16.2 Å². The van der Waals surface area contributed by atoms with Gasteiger partial charge in [0.15, 0.2) is 0 Å². The summed E-state index contributed by atoms with van der Waals surface area (Å²) in [5.74, 6) is -0.657. The number of carbonyl (C=O) groups excluding carboxylic acids is 1. The predicted molar refractivity (Wildman–Crippen MR) is 127 cm³/mol. The fourth-order valence-corrected chi connectivity index (χ4v) is 4.59. The van der Waals surface area contributed by atoms with Gasteiger partial charge >= 0.3 is 6.61 Å². The Morgan fingerprint density at radius 3 is 2.51 bits per heavy atom. The molecule has 0 spiro atoms. The average Bonchev–Trinajstić information content (AvgIpc) is 3.14. The monoisotopic (exact) mass is 479 g/mol. The lowest BCUT2D eigenvalue weighted by Crippen LogP contribution is -2.42. The molecule has 0 saturated heterocycles. The standard InChI is InChI=1S/C25H23F2N5O3/c1-25(34)11-15(12-25)32-22(28)20(23(29)33)21(31-32)14-7-8-16-18(9-14)30-17(10-19(16)35-24(26)27)13-5-3-2-4-6-13/h2-10,15,24,34H,11-12,28H2,1H3,(H2,29,33). The van der Waals surface area contributed by atoms with E-state index in [0.717, 1.165) is 5.56 Å². The van der Waals surface area contributed by atoms with E-state index in [1.807, 2.05) is 30.3 Å². The number of fused-ring (bicyclic) bond motifs is 1. The van der Waals surface area contributed by atoms with Crippen LogP contribution in [0.1, 0.15) is 36.2 Å². The van der Waals surface area contributed by atoms with Gasteiger partial charge in [-0.25, -0.2) is 9.67 Å². The maximum absolute atomic E-state index is 13.1. The molecule has 1 saturated carbocycles. The molecule has 2 heterocycles. The van der Waals surface area contributed by atoms with Gasteiger partial charge in [-0.1, -0.05) is 36.4 Å². The molecule has 1 fully saturated rings. The van der Waals surface area contributed by atoms with E-state index < -0.39 is 18.1 Å². The molecular weight excluding hydrogens is 456 g/mol. The molecule has 2 aromatic carbocycles. The van der Waals surface area contributed by atoms with Crippen molar-refractivity contribution in [3.63, 3.8) is 0 Å². The first-order chi connectivity index (χ1) is 16.6. The predicted octanol–water partition coefficient (Wildman–Crippen LogP) is 4.13. The van der Waals surface area contributed by atoms with Crippen molar-refractivity contribution < 1.29 is 23.4 Å². The first-order valence-electron chi connectivity index (χ1n) is 11.0. The molecule has 2 aromatic heterocycles. The van der Waals surface area contributed by atoms with E-state index >= 15 is 0 Å². The Morgan fingerprint density at radius 2 is 1.89 bits per heavy atom. The molecule has 4 aromatic rings. The van der Waals surface area contributed by atoms with Crippen LogP contribution in [0.5, 0.6) is 5.75 Å². The van der Waals surface area contributed by atoms with E-state index in [-0.39, 0.29) is 28.9 Å². The second-order valence-corrected chi connectivity index (χ2v) is 8.96. The number of nitrogens with two attached hydrogens (primary N) is 2. The SMILES string of the molecule is CC1(O)CC(n2nc(-c3ccc4c(OC(F)F)cc(-c5ccccc5)nc4c3)c(C(N)=O)c2N)C1. The third kappa shape index (κ3) is 4.17. The van der Waals surface area contributed by atoms with Crippen LogP contribution in [0.15, 0.2) is 54.6 Å². The van der Waals surface area contributed by atoms with Crippen LogP contribution in [-0.4, -0.2) is 38.0 Å². The third-order valence-corrected chi connectivity index (χ3v) is 6.22. The summed E-state index contributed by atoms with van der Waals surface area (Å²) < 4.78 is 32.6. The number of primary amides is 1. The summed E-state index contributed by atoms with van der Waals surface area (Å²) in [6, 6.07) is 15.2. The number of hydrogen-bond donors (Lipinski definition) is 3. The number of alkyl halides is 2. The molecule has 0 atom stereocenters. The van der Waals surface area contributed by atoms with Crippen molar-refractivity contribution in [2.75, 3.05) is 5.73 Å². The third-order valence-electron chi connectivity index (χ3n) is 6.22. The van der Waals surface area contributed by atoms with E-state index in [4.69, 9.17) is 16.2 Å². The summed E-state index contributed by atoms with van der Waals surface area (Å²) in [5, 5.41) is 15.0. The second kappa shape index (κ2) is 8.31. The van der Waals surface area contributed by atoms with Gasteiger partial charge in [-0.2, -0.15) is 13.9 Å². The zero-order chi connectivity index (χ0) is 24.9. The van der Waals surface area contributed by atoms with Gasteiger partial charge in [0.2, 0.25) is 0 Å². The Bertz CT molecular complexity index is 1430. The molecule has 1 aliphatic rings. The smallest absolute Gasteiger partial charge is 0.387 e. The molecule has 1 aliphatic carbocycles. The van der Waals surface area contributed by atoms with Gasteiger partial charge < -0.3 is 21.3 Å². The molecule has 180 valence electrons. The minimum Gasteiger partial charge on any atom is -0.434 e. The Balaban J connectivity index is 1.66. The normalized spacial score (nSPS) is 19.6. The number of carbonyl (C=O) groups is 1. The second-order valence-electron chi connectivity index (χ2n) is 8.96. The van der Waals surface area contributed by atoms with Crippen molar-refractivity contribution in [2.45, 2.75) is 38.0 Å². The molecule has 0 radical (unpaired) electrons. The summed E-state index contributed by atoms with van der Waals surface area (Å²) in [6.45, 7) is -1.29. The topological polar surface area (TPSA) is 129 Å². The number of halogens is 2. The van der Waals surface area contributed by atoms with E-state index in [1.165, 1.54) is 10.7 Å². The molecule has 0 unspecified atom stereocenters. The summed E-state index contributed by atoms with van der Waals surface area (Å²) in [5.41, 5.74) is 13.4. The maximum atomic E-state index is 13.1. The van der Waals surface area contributed by atoms with E-state index in [0.29, 0.717) is 35.0 Å². The summed E-state index contributed by atoms with van der Waals surface area (Å²) >= 11 is 0. The molecule has 1 amide bonds. The number of aromatic nitrogens is 3. The van der Waals surface area contributed by atoms with Crippen molar-refractivity contribution in [3.05, 3.63) is 60.2 Å².